The highest BCUT2D eigenvalue weighted by molar-refractivity contribution is 7.17. The summed E-state index contributed by atoms with van der Waals surface area (Å²) < 4.78 is 0. The average Bonchev–Trinajstić information content (AvgIpc) is 3.05. The molecule has 2 N–H and O–H groups in total. The third-order valence-electron chi connectivity index (χ3n) is 5.14. The fourth-order valence-electron chi connectivity index (χ4n) is 3.90. The van der Waals surface area contributed by atoms with E-state index in [0.717, 1.165) is 48.1 Å². The van der Waals surface area contributed by atoms with E-state index in [1.807, 2.05) is 44.2 Å². The first kappa shape index (κ1) is 19.4. The summed E-state index contributed by atoms with van der Waals surface area (Å²) in [6.07, 6.45) is 4.03. The monoisotopic (exact) mass is 404 g/mol. The first-order chi connectivity index (χ1) is 14.0. The van der Waals surface area contributed by atoms with Crippen molar-refractivity contribution in [1.82, 2.24) is 0 Å². The molecule has 3 aromatic rings. The molecule has 1 aromatic heterocycles. The van der Waals surface area contributed by atoms with Crippen LogP contribution >= 0.6 is 11.3 Å². The van der Waals surface area contributed by atoms with Gasteiger partial charge in [-0.3, -0.25) is 9.59 Å². The number of benzene rings is 2. The van der Waals surface area contributed by atoms with E-state index in [0.29, 0.717) is 16.1 Å². The summed E-state index contributed by atoms with van der Waals surface area (Å²) in [6.45, 7) is 4.03. The van der Waals surface area contributed by atoms with Crippen molar-refractivity contribution in [2.45, 2.75) is 39.5 Å². The molecule has 4 rings (SSSR count). The number of nitrogens with one attached hydrogen (secondary N) is 2. The first-order valence-corrected chi connectivity index (χ1v) is 10.7. The second-order valence-corrected chi connectivity index (χ2v) is 8.67. The number of carbonyl (C=O) groups is 2. The van der Waals surface area contributed by atoms with Gasteiger partial charge in [0.25, 0.3) is 11.8 Å². The summed E-state index contributed by atoms with van der Waals surface area (Å²) in [4.78, 5) is 27.2. The van der Waals surface area contributed by atoms with Gasteiger partial charge in [-0.25, -0.2) is 0 Å². The Morgan fingerprint density at radius 3 is 2.28 bits per heavy atom. The molecule has 0 saturated heterocycles. The molecule has 1 aliphatic rings. The van der Waals surface area contributed by atoms with Gasteiger partial charge in [-0.2, -0.15) is 0 Å². The number of thiophene rings is 1. The summed E-state index contributed by atoms with van der Waals surface area (Å²) >= 11 is 1.54. The van der Waals surface area contributed by atoms with Crippen molar-refractivity contribution in [3.8, 4) is 0 Å². The van der Waals surface area contributed by atoms with Gasteiger partial charge < -0.3 is 10.6 Å². The minimum Gasteiger partial charge on any atom is -0.322 e. The Labute approximate surface area is 175 Å². The van der Waals surface area contributed by atoms with E-state index >= 15 is 0 Å². The molecule has 0 aliphatic heterocycles. The van der Waals surface area contributed by atoms with Crippen LogP contribution in [0, 0.1) is 13.8 Å². The molecule has 0 fully saturated rings. The van der Waals surface area contributed by atoms with Gasteiger partial charge in [0.1, 0.15) is 5.00 Å². The average molecular weight is 405 g/mol. The summed E-state index contributed by atoms with van der Waals surface area (Å²) in [5, 5.41) is 6.68. The highest BCUT2D eigenvalue weighted by Gasteiger charge is 2.26. The third kappa shape index (κ3) is 4.25. The lowest BCUT2D eigenvalue weighted by Crippen LogP contribution is -2.18. The Balaban J connectivity index is 1.66. The zero-order chi connectivity index (χ0) is 20.4. The summed E-state index contributed by atoms with van der Waals surface area (Å²) in [5.74, 6) is -0.345. The Morgan fingerprint density at radius 1 is 0.862 bits per heavy atom. The van der Waals surface area contributed by atoms with E-state index in [1.54, 1.807) is 12.1 Å². The number of anilines is 2. The molecule has 0 spiro atoms. The largest absolute Gasteiger partial charge is 0.322 e. The third-order valence-corrected chi connectivity index (χ3v) is 6.35. The smallest absolute Gasteiger partial charge is 0.258 e. The standard InChI is InChI=1S/C24H24N2O2S/c1-15-12-16(2)14-18(13-15)25-23(28)21-19-10-6-7-11-20(19)29-24(21)26-22(27)17-8-4-3-5-9-17/h3-5,8-9,12-14H,6-7,10-11H2,1-2H3,(H,25,28)(H,26,27). The van der Waals surface area contributed by atoms with E-state index < -0.39 is 0 Å². The van der Waals surface area contributed by atoms with Crippen molar-refractivity contribution in [2.24, 2.45) is 0 Å². The highest BCUT2D eigenvalue weighted by atomic mass is 32.1. The van der Waals surface area contributed by atoms with Crippen LogP contribution in [0.25, 0.3) is 0 Å². The van der Waals surface area contributed by atoms with Gasteiger partial charge in [-0.15, -0.1) is 11.3 Å². The van der Waals surface area contributed by atoms with Crippen molar-refractivity contribution in [3.63, 3.8) is 0 Å². The molecule has 0 unspecified atom stereocenters. The molecule has 0 radical (unpaired) electrons. The van der Waals surface area contributed by atoms with Crippen LogP contribution in [0.15, 0.2) is 48.5 Å². The molecule has 0 atom stereocenters. The highest BCUT2D eigenvalue weighted by Crippen LogP contribution is 2.38. The van der Waals surface area contributed by atoms with Gasteiger partial charge in [-0.1, -0.05) is 24.3 Å². The zero-order valence-corrected chi connectivity index (χ0v) is 17.5. The maximum absolute atomic E-state index is 13.3. The van der Waals surface area contributed by atoms with Crippen LogP contribution in [-0.2, 0) is 12.8 Å². The van der Waals surface area contributed by atoms with Crippen molar-refractivity contribution in [2.75, 3.05) is 10.6 Å². The number of hydrogen-bond donors (Lipinski definition) is 2. The predicted octanol–water partition coefficient (Wildman–Crippen LogP) is 5.75. The molecular weight excluding hydrogens is 380 g/mol. The Morgan fingerprint density at radius 2 is 1.55 bits per heavy atom. The molecule has 1 heterocycles. The number of hydrogen-bond acceptors (Lipinski definition) is 3. The topological polar surface area (TPSA) is 58.2 Å². The Bertz CT molecular complexity index is 1050. The van der Waals surface area contributed by atoms with E-state index in [4.69, 9.17) is 0 Å². The lowest BCUT2D eigenvalue weighted by atomic mass is 9.95. The number of fused-ring (bicyclic) bond motifs is 1. The number of carbonyl (C=O) groups excluding carboxylic acids is 2. The van der Waals surface area contributed by atoms with E-state index in [9.17, 15) is 9.59 Å². The second kappa shape index (κ2) is 8.21. The van der Waals surface area contributed by atoms with Gasteiger partial charge in [0.05, 0.1) is 5.56 Å². The maximum atomic E-state index is 13.3. The zero-order valence-electron chi connectivity index (χ0n) is 16.7. The van der Waals surface area contributed by atoms with Crippen LogP contribution in [0.2, 0.25) is 0 Å². The molecule has 2 amide bonds. The minimum absolute atomic E-state index is 0.155. The van der Waals surface area contributed by atoms with Crippen molar-refractivity contribution in [3.05, 3.63) is 81.2 Å². The van der Waals surface area contributed by atoms with E-state index in [1.165, 1.54) is 16.2 Å². The summed E-state index contributed by atoms with van der Waals surface area (Å²) in [5.41, 5.74) is 5.28. The molecular formula is C24H24N2O2S. The number of amides is 2. The second-order valence-electron chi connectivity index (χ2n) is 7.57. The van der Waals surface area contributed by atoms with Crippen LogP contribution in [-0.4, -0.2) is 11.8 Å². The summed E-state index contributed by atoms with van der Waals surface area (Å²) in [7, 11) is 0. The SMILES string of the molecule is Cc1cc(C)cc(NC(=O)c2c(NC(=O)c3ccccc3)sc3c2CCCC3)c1. The van der Waals surface area contributed by atoms with E-state index in [-0.39, 0.29) is 11.8 Å². The molecule has 5 heteroatoms. The lowest BCUT2D eigenvalue weighted by molar-refractivity contribution is 0.102. The maximum Gasteiger partial charge on any atom is 0.258 e. The predicted molar refractivity (Wildman–Crippen MR) is 119 cm³/mol. The van der Waals surface area contributed by atoms with Gasteiger partial charge in [0, 0.05) is 16.1 Å². The fraction of sp³-hybridized carbons (Fsp3) is 0.250. The van der Waals surface area contributed by atoms with Crippen LogP contribution < -0.4 is 10.6 Å². The summed E-state index contributed by atoms with van der Waals surface area (Å²) in [6, 6.07) is 15.1. The molecule has 2 aromatic carbocycles. The molecule has 29 heavy (non-hydrogen) atoms. The van der Waals surface area contributed by atoms with Crippen LogP contribution in [0.3, 0.4) is 0 Å². The normalized spacial score (nSPS) is 12.9. The van der Waals surface area contributed by atoms with Crippen molar-refractivity contribution >= 4 is 33.8 Å². The van der Waals surface area contributed by atoms with E-state index in [2.05, 4.69) is 16.7 Å². The fourth-order valence-corrected chi connectivity index (χ4v) is 5.18. The minimum atomic E-state index is -0.190. The Hall–Kier alpha value is -2.92. The lowest BCUT2D eigenvalue weighted by Gasteiger charge is -2.14. The molecule has 0 bridgehead atoms. The van der Waals surface area contributed by atoms with Crippen molar-refractivity contribution < 1.29 is 9.59 Å². The first-order valence-electron chi connectivity index (χ1n) is 9.92. The Kier molecular flexibility index (Phi) is 5.49. The molecule has 1 aliphatic carbocycles. The number of rotatable bonds is 4. The molecule has 0 saturated carbocycles. The van der Waals surface area contributed by atoms with Crippen LogP contribution in [0.1, 0.15) is 55.1 Å². The molecule has 148 valence electrons. The van der Waals surface area contributed by atoms with Gasteiger partial charge in [0.15, 0.2) is 0 Å². The van der Waals surface area contributed by atoms with Crippen molar-refractivity contribution in [1.29, 1.82) is 0 Å². The number of aryl methyl sites for hydroxylation is 3. The van der Waals surface area contributed by atoms with Gasteiger partial charge in [0.2, 0.25) is 0 Å². The van der Waals surface area contributed by atoms with Crippen LogP contribution in [0.5, 0.6) is 0 Å². The van der Waals surface area contributed by atoms with Gasteiger partial charge in [-0.05, 0) is 80.5 Å². The molecule has 4 nitrogen and oxygen atoms in total. The quantitative estimate of drug-likeness (QED) is 0.582. The van der Waals surface area contributed by atoms with Gasteiger partial charge >= 0.3 is 0 Å². The van der Waals surface area contributed by atoms with Crippen LogP contribution in [0.4, 0.5) is 10.7 Å².